The van der Waals surface area contributed by atoms with Crippen LogP contribution in [0.25, 0.3) is 22.0 Å². The van der Waals surface area contributed by atoms with Crippen LogP contribution >= 0.6 is 0 Å². The molecule has 0 unspecified atom stereocenters. The lowest BCUT2D eigenvalue weighted by molar-refractivity contribution is 0.111. The Labute approximate surface area is 140 Å². The van der Waals surface area contributed by atoms with Gasteiger partial charge in [-0.1, -0.05) is 42.5 Å². The van der Waals surface area contributed by atoms with Crippen molar-refractivity contribution in [3.05, 3.63) is 90.4 Å². The van der Waals surface area contributed by atoms with Crippen molar-refractivity contribution in [2.75, 3.05) is 0 Å². The average Bonchev–Trinajstić information content (AvgIpc) is 3.05. The van der Waals surface area contributed by atoms with Gasteiger partial charge in [-0.25, -0.2) is 0 Å². The molecule has 0 radical (unpaired) electrons. The molecule has 2 aromatic carbocycles. The molecule has 24 heavy (non-hydrogen) atoms. The normalized spacial score (nSPS) is 10.8. The van der Waals surface area contributed by atoms with Crippen molar-refractivity contribution in [2.24, 2.45) is 0 Å². The molecule has 0 saturated heterocycles. The molecule has 4 aromatic rings. The van der Waals surface area contributed by atoms with Gasteiger partial charge in [-0.3, -0.25) is 9.78 Å². The van der Waals surface area contributed by atoms with Gasteiger partial charge in [0.05, 0.1) is 11.4 Å². The number of carbonyl (C=O) groups is 1. The number of hydrogen-bond donors (Lipinski definition) is 0. The van der Waals surface area contributed by atoms with Crippen LogP contribution in [0.2, 0.25) is 0 Å². The summed E-state index contributed by atoms with van der Waals surface area (Å²) < 4.78 is 2.05. The maximum Gasteiger partial charge on any atom is 0.166 e. The molecular weight excluding hydrogens is 296 g/mol. The molecule has 0 amide bonds. The number of benzene rings is 2. The van der Waals surface area contributed by atoms with Crippen LogP contribution in [0, 0.1) is 0 Å². The predicted octanol–water partition coefficient (Wildman–Crippen LogP) is 4.56. The van der Waals surface area contributed by atoms with Crippen LogP contribution in [-0.2, 0) is 6.54 Å². The zero-order chi connectivity index (χ0) is 16.4. The van der Waals surface area contributed by atoms with Crippen molar-refractivity contribution in [1.29, 1.82) is 0 Å². The Morgan fingerprint density at radius 1 is 0.917 bits per heavy atom. The van der Waals surface area contributed by atoms with E-state index in [0.717, 1.165) is 17.5 Å². The molecule has 0 atom stereocenters. The highest BCUT2D eigenvalue weighted by Crippen LogP contribution is 2.25. The van der Waals surface area contributed by atoms with E-state index in [2.05, 4.69) is 35.3 Å². The van der Waals surface area contributed by atoms with Gasteiger partial charge < -0.3 is 4.57 Å². The summed E-state index contributed by atoms with van der Waals surface area (Å²) in [6.45, 7) is 0.645. The smallest absolute Gasteiger partial charge is 0.166 e. The third-order valence-corrected chi connectivity index (χ3v) is 4.30. The second-order valence-corrected chi connectivity index (χ2v) is 5.73. The van der Waals surface area contributed by atoms with E-state index in [9.17, 15) is 4.79 Å². The van der Waals surface area contributed by atoms with Gasteiger partial charge >= 0.3 is 0 Å². The largest absolute Gasteiger partial charge is 0.334 e. The van der Waals surface area contributed by atoms with Crippen molar-refractivity contribution < 1.29 is 4.79 Å². The fourth-order valence-electron chi connectivity index (χ4n) is 3.13. The average molecular weight is 312 g/mol. The second-order valence-electron chi connectivity index (χ2n) is 5.73. The van der Waals surface area contributed by atoms with Crippen LogP contribution in [0.1, 0.15) is 16.1 Å². The van der Waals surface area contributed by atoms with Gasteiger partial charge in [-0.15, -0.1) is 0 Å². The lowest BCUT2D eigenvalue weighted by Gasteiger charge is -2.13. The van der Waals surface area contributed by atoms with Crippen molar-refractivity contribution in [2.45, 2.75) is 6.54 Å². The summed E-state index contributed by atoms with van der Waals surface area (Å²) in [6.07, 6.45) is 4.48. The highest BCUT2D eigenvalue weighted by Gasteiger charge is 2.11. The van der Waals surface area contributed by atoms with E-state index in [0.29, 0.717) is 12.2 Å². The Balaban J connectivity index is 1.85. The van der Waals surface area contributed by atoms with Crippen LogP contribution in [0.3, 0.4) is 0 Å². The lowest BCUT2D eigenvalue weighted by atomic mass is 10.0. The van der Waals surface area contributed by atoms with Crippen molar-refractivity contribution in [3.63, 3.8) is 0 Å². The van der Waals surface area contributed by atoms with Gasteiger partial charge in [0.1, 0.15) is 0 Å². The van der Waals surface area contributed by atoms with Gasteiger partial charge in [0.25, 0.3) is 0 Å². The van der Waals surface area contributed by atoms with Crippen LogP contribution in [-0.4, -0.2) is 15.8 Å². The molecule has 2 aromatic heterocycles. The highest BCUT2D eigenvalue weighted by molar-refractivity contribution is 5.86. The first-order valence-electron chi connectivity index (χ1n) is 7.88. The Kier molecular flexibility index (Phi) is 3.67. The van der Waals surface area contributed by atoms with Crippen LogP contribution in [0.5, 0.6) is 0 Å². The van der Waals surface area contributed by atoms with Gasteiger partial charge in [0.15, 0.2) is 6.29 Å². The van der Waals surface area contributed by atoms with Crippen molar-refractivity contribution >= 4 is 17.1 Å². The van der Waals surface area contributed by atoms with Crippen LogP contribution in [0.15, 0.2) is 79.1 Å². The second kappa shape index (κ2) is 6.13. The summed E-state index contributed by atoms with van der Waals surface area (Å²) in [7, 11) is 0. The number of carbonyl (C=O) groups excluding carboxylic acids is 1. The summed E-state index contributed by atoms with van der Waals surface area (Å²) in [5, 5.41) is 2.42. The zero-order valence-electron chi connectivity index (χ0n) is 13.1. The first-order valence-corrected chi connectivity index (χ1v) is 7.88. The number of hydrogen-bond acceptors (Lipinski definition) is 2. The molecule has 0 aliphatic carbocycles. The molecule has 0 aliphatic rings. The lowest BCUT2D eigenvalue weighted by Crippen LogP contribution is -2.06. The van der Waals surface area contributed by atoms with Crippen LogP contribution in [0.4, 0.5) is 0 Å². The first kappa shape index (κ1) is 14.4. The maximum absolute atomic E-state index is 11.5. The Bertz CT molecular complexity index is 997. The summed E-state index contributed by atoms with van der Waals surface area (Å²) in [6, 6.07) is 22.4. The summed E-state index contributed by atoms with van der Waals surface area (Å²) in [5.41, 5.74) is 3.86. The summed E-state index contributed by atoms with van der Waals surface area (Å²) in [4.78, 5) is 15.7. The van der Waals surface area contributed by atoms with E-state index < -0.39 is 0 Å². The summed E-state index contributed by atoms with van der Waals surface area (Å²) in [5.74, 6) is 0. The van der Waals surface area contributed by atoms with E-state index >= 15 is 0 Å². The molecule has 0 aliphatic heterocycles. The number of aromatic nitrogens is 2. The van der Waals surface area contributed by atoms with Gasteiger partial charge in [-0.05, 0) is 40.6 Å². The fraction of sp³-hybridized carbons (Fsp3) is 0.0476. The minimum absolute atomic E-state index is 0.645. The topological polar surface area (TPSA) is 34.9 Å². The fourth-order valence-corrected chi connectivity index (χ4v) is 3.13. The third-order valence-electron chi connectivity index (χ3n) is 4.30. The molecule has 0 bridgehead atoms. The van der Waals surface area contributed by atoms with E-state index in [-0.39, 0.29) is 0 Å². The standard InChI is InChI=1S/C21H16N2O/c24-15-19-10-11-21(17-8-4-12-22-13-17)23(19)14-18-7-3-6-16-5-1-2-9-20(16)18/h1-13,15H,14H2. The molecule has 0 spiro atoms. The molecule has 4 rings (SSSR count). The monoisotopic (exact) mass is 312 g/mol. The van der Waals surface area contributed by atoms with Gasteiger partial charge in [0.2, 0.25) is 0 Å². The third kappa shape index (κ3) is 2.50. The molecule has 116 valence electrons. The van der Waals surface area contributed by atoms with Gasteiger partial charge in [0, 0.05) is 24.5 Å². The van der Waals surface area contributed by atoms with E-state index in [1.807, 2.05) is 47.2 Å². The van der Waals surface area contributed by atoms with E-state index in [1.165, 1.54) is 16.3 Å². The zero-order valence-corrected chi connectivity index (χ0v) is 13.1. The Morgan fingerprint density at radius 2 is 1.79 bits per heavy atom. The number of rotatable bonds is 4. The number of fused-ring (bicyclic) bond motifs is 1. The molecule has 2 heterocycles. The molecule has 3 heteroatoms. The molecule has 0 N–H and O–H groups in total. The number of pyridine rings is 1. The minimum Gasteiger partial charge on any atom is -0.334 e. The maximum atomic E-state index is 11.5. The first-order chi connectivity index (χ1) is 11.9. The minimum atomic E-state index is 0.645. The van der Waals surface area contributed by atoms with Gasteiger partial charge in [-0.2, -0.15) is 0 Å². The molecule has 0 fully saturated rings. The number of nitrogens with zero attached hydrogens (tertiary/aromatic N) is 2. The highest BCUT2D eigenvalue weighted by atomic mass is 16.1. The molecular formula is C21H16N2O. The van der Waals surface area contributed by atoms with E-state index in [4.69, 9.17) is 0 Å². The summed E-state index contributed by atoms with van der Waals surface area (Å²) >= 11 is 0. The van der Waals surface area contributed by atoms with E-state index in [1.54, 1.807) is 6.20 Å². The SMILES string of the molecule is O=Cc1ccc(-c2cccnc2)n1Cc1cccc2ccccc12. The van der Waals surface area contributed by atoms with Crippen molar-refractivity contribution in [3.8, 4) is 11.3 Å². The van der Waals surface area contributed by atoms with Crippen molar-refractivity contribution in [1.82, 2.24) is 9.55 Å². The molecule has 3 nitrogen and oxygen atoms in total. The Morgan fingerprint density at radius 3 is 2.62 bits per heavy atom. The number of aldehydes is 1. The van der Waals surface area contributed by atoms with Crippen LogP contribution < -0.4 is 0 Å². The Hall–Kier alpha value is -3.20. The molecule has 0 saturated carbocycles. The quantitative estimate of drug-likeness (QED) is 0.518. The predicted molar refractivity (Wildman–Crippen MR) is 96.1 cm³/mol.